The summed E-state index contributed by atoms with van der Waals surface area (Å²) in [4.78, 5) is 34.9. The van der Waals surface area contributed by atoms with Gasteiger partial charge in [0.1, 0.15) is 0 Å². The lowest BCUT2D eigenvalue weighted by Crippen LogP contribution is -2.43. The van der Waals surface area contributed by atoms with E-state index in [1.807, 2.05) is 0 Å². The van der Waals surface area contributed by atoms with Crippen molar-refractivity contribution in [1.29, 1.82) is 0 Å². The van der Waals surface area contributed by atoms with E-state index < -0.39 is 16.0 Å². The molecule has 0 aromatic heterocycles. The Hall–Kier alpha value is -2.26. The second kappa shape index (κ2) is 10.5. The molecule has 0 aliphatic heterocycles. The van der Waals surface area contributed by atoms with Crippen LogP contribution in [-0.2, 0) is 24.3 Å². The standard InChI is InChI=1S/C20H28N2O6S/c1-14-5-3-4-6-18(14)22-19(24)13-28-20(25)11-12-21-29(26,27)17-9-7-16(8-10-17)15(2)23/h7-10,14,18,21H,3-6,11-13H2,1-2H3,(H,22,24)/t14-,18-/m0/s1. The van der Waals surface area contributed by atoms with E-state index in [0.717, 1.165) is 19.3 Å². The molecule has 0 spiro atoms. The molecule has 1 amide bonds. The summed E-state index contributed by atoms with van der Waals surface area (Å²) in [6.45, 7) is 2.96. The number of benzene rings is 1. The zero-order valence-corrected chi connectivity index (χ0v) is 17.6. The van der Waals surface area contributed by atoms with Gasteiger partial charge in [-0.25, -0.2) is 13.1 Å². The fraction of sp³-hybridized carbons (Fsp3) is 0.550. The lowest BCUT2D eigenvalue weighted by atomic mass is 9.86. The summed E-state index contributed by atoms with van der Waals surface area (Å²) >= 11 is 0. The van der Waals surface area contributed by atoms with Crippen LogP contribution in [-0.4, -0.2) is 45.3 Å². The first-order valence-electron chi connectivity index (χ1n) is 9.74. The van der Waals surface area contributed by atoms with E-state index in [-0.39, 0.29) is 42.2 Å². The van der Waals surface area contributed by atoms with Crippen molar-refractivity contribution >= 4 is 27.7 Å². The number of carbonyl (C=O) groups excluding carboxylic acids is 3. The summed E-state index contributed by atoms with van der Waals surface area (Å²) in [5, 5.41) is 2.89. The highest BCUT2D eigenvalue weighted by Gasteiger charge is 2.23. The maximum atomic E-state index is 12.2. The summed E-state index contributed by atoms with van der Waals surface area (Å²) in [6.07, 6.45) is 4.04. The number of ketones is 1. The average Bonchev–Trinajstić information content (AvgIpc) is 2.68. The molecular formula is C20H28N2O6S. The number of hydrogen-bond acceptors (Lipinski definition) is 6. The molecule has 2 N–H and O–H groups in total. The number of ether oxygens (including phenoxy) is 1. The Balaban J connectivity index is 1.71. The molecule has 160 valence electrons. The Morgan fingerprint density at radius 2 is 1.76 bits per heavy atom. The predicted molar refractivity (Wildman–Crippen MR) is 107 cm³/mol. The summed E-state index contributed by atoms with van der Waals surface area (Å²) < 4.78 is 31.6. The first kappa shape index (κ1) is 23.0. The number of amides is 1. The van der Waals surface area contributed by atoms with Crippen molar-refractivity contribution in [3.8, 4) is 0 Å². The van der Waals surface area contributed by atoms with E-state index in [1.165, 1.54) is 37.6 Å². The Kier molecular flexibility index (Phi) is 8.33. The molecule has 0 saturated heterocycles. The van der Waals surface area contributed by atoms with E-state index in [9.17, 15) is 22.8 Å². The van der Waals surface area contributed by atoms with Gasteiger partial charge in [-0.2, -0.15) is 0 Å². The Morgan fingerprint density at radius 3 is 2.38 bits per heavy atom. The molecule has 1 aromatic rings. The minimum atomic E-state index is -3.80. The van der Waals surface area contributed by atoms with Crippen LogP contribution in [0.3, 0.4) is 0 Å². The van der Waals surface area contributed by atoms with Gasteiger partial charge in [0.15, 0.2) is 12.4 Å². The highest BCUT2D eigenvalue weighted by molar-refractivity contribution is 7.89. The second-order valence-electron chi connectivity index (χ2n) is 7.32. The first-order chi connectivity index (χ1) is 13.7. The van der Waals surface area contributed by atoms with Crippen molar-refractivity contribution < 1.29 is 27.5 Å². The van der Waals surface area contributed by atoms with Crippen molar-refractivity contribution in [1.82, 2.24) is 10.0 Å². The predicted octanol–water partition coefficient (Wildman–Crippen LogP) is 1.80. The molecule has 1 aliphatic carbocycles. The van der Waals surface area contributed by atoms with E-state index in [4.69, 9.17) is 4.74 Å². The van der Waals surface area contributed by atoms with Gasteiger partial charge in [0.05, 0.1) is 11.3 Å². The van der Waals surface area contributed by atoms with Crippen molar-refractivity contribution in [3.05, 3.63) is 29.8 Å². The topological polar surface area (TPSA) is 119 Å². The third-order valence-electron chi connectivity index (χ3n) is 5.01. The number of Topliss-reactive ketones (excluding diaryl/α,β-unsaturated/α-hetero) is 1. The van der Waals surface area contributed by atoms with Crippen LogP contribution < -0.4 is 10.0 Å². The quantitative estimate of drug-likeness (QED) is 0.461. The van der Waals surface area contributed by atoms with Gasteiger partial charge in [-0.1, -0.05) is 31.9 Å². The normalized spacial score (nSPS) is 19.4. The van der Waals surface area contributed by atoms with Crippen LogP contribution in [0.5, 0.6) is 0 Å². The maximum Gasteiger partial charge on any atom is 0.307 e. The highest BCUT2D eigenvalue weighted by Crippen LogP contribution is 2.23. The number of esters is 1. The van der Waals surface area contributed by atoms with Crippen LogP contribution >= 0.6 is 0 Å². The Labute approximate surface area is 171 Å². The van der Waals surface area contributed by atoms with Crippen molar-refractivity contribution in [2.45, 2.75) is 56.9 Å². The molecule has 8 nitrogen and oxygen atoms in total. The fourth-order valence-electron chi connectivity index (χ4n) is 3.24. The molecule has 0 radical (unpaired) electrons. The van der Waals surface area contributed by atoms with E-state index in [2.05, 4.69) is 17.0 Å². The molecule has 9 heteroatoms. The lowest BCUT2D eigenvalue weighted by molar-refractivity contribution is -0.148. The van der Waals surface area contributed by atoms with E-state index in [1.54, 1.807) is 0 Å². The first-order valence-corrected chi connectivity index (χ1v) is 11.2. The minimum absolute atomic E-state index is 0.00292. The van der Waals surface area contributed by atoms with Gasteiger partial charge in [0.2, 0.25) is 10.0 Å². The number of carbonyl (C=O) groups is 3. The molecule has 0 bridgehead atoms. The number of nitrogens with one attached hydrogen (secondary N) is 2. The lowest BCUT2D eigenvalue weighted by Gasteiger charge is -2.29. The molecule has 2 atom stereocenters. The van der Waals surface area contributed by atoms with Crippen LogP contribution in [0.4, 0.5) is 0 Å². The van der Waals surface area contributed by atoms with Gasteiger partial charge in [-0.05, 0) is 37.8 Å². The van der Waals surface area contributed by atoms with Gasteiger partial charge in [0.25, 0.3) is 5.91 Å². The van der Waals surface area contributed by atoms with Crippen LogP contribution in [0.1, 0.15) is 56.3 Å². The van der Waals surface area contributed by atoms with Crippen molar-refractivity contribution in [2.24, 2.45) is 5.92 Å². The molecule has 1 fully saturated rings. The summed E-state index contributed by atoms with van der Waals surface area (Å²) in [5.41, 5.74) is 0.411. The molecule has 1 aliphatic rings. The fourth-order valence-corrected chi connectivity index (χ4v) is 4.27. The van der Waals surface area contributed by atoms with Gasteiger partial charge in [-0.15, -0.1) is 0 Å². The minimum Gasteiger partial charge on any atom is -0.456 e. The van der Waals surface area contributed by atoms with E-state index >= 15 is 0 Å². The van der Waals surface area contributed by atoms with Crippen LogP contribution in [0, 0.1) is 5.92 Å². The molecule has 1 aromatic carbocycles. The number of sulfonamides is 1. The Morgan fingerprint density at radius 1 is 1.10 bits per heavy atom. The summed E-state index contributed by atoms with van der Waals surface area (Å²) in [7, 11) is -3.80. The van der Waals surface area contributed by atoms with Gasteiger partial charge < -0.3 is 10.1 Å². The maximum absolute atomic E-state index is 12.2. The number of hydrogen-bond donors (Lipinski definition) is 2. The van der Waals surface area contributed by atoms with Crippen molar-refractivity contribution in [3.63, 3.8) is 0 Å². The van der Waals surface area contributed by atoms with Crippen molar-refractivity contribution in [2.75, 3.05) is 13.2 Å². The van der Waals surface area contributed by atoms with E-state index in [0.29, 0.717) is 11.5 Å². The molecule has 2 rings (SSSR count). The zero-order chi connectivity index (χ0) is 21.4. The Bertz CT molecular complexity index is 835. The molecule has 0 unspecified atom stereocenters. The average molecular weight is 425 g/mol. The molecular weight excluding hydrogens is 396 g/mol. The second-order valence-corrected chi connectivity index (χ2v) is 9.09. The monoisotopic (exact) mass is 424 g/mol. The highest BCUT2D eigenvalue weighted by atomic mass is 32.2. The summed E-state index contributed by atoms with van der Waals surface area (Å²) in [6, 6.07) is 5.62. The smallest absolute Gasteiger partial charge is 0.307 e. The molecule has 1 saturated carbocycles. The van der Waals surface area contributed by atoms with Gasteiger partial charge >= 0.3 is 5.97 Å². The van der Waals surface area contributed by atoms with Crippen LogP contribution in [0.2, 0.25) is 0 Å². The molecule has 0 heterocycles. The zero-order valence-electron chi connectivity index (χ0n) is 16.8. The largest absolute Gasteiger partial charge is 0.456 e. The van der Waals surface area contributed by atoms with Gasteiger partial charge in [-0.3, -0.25) is 14.4 Å². The van der Waals surface area contributed by atoms with Crippen LogP contribution in [0.25, 0.3) is 0 Å². The van der Waals surface area contributed by atoms with Gasteiger partial charge in [0, 0.05) is 18.2 Å². The summed E-state index contributed by atoms with van der Waals surface area (Å²) in [5.74, 6) is -0.760. The third-order valence-corrected chi connectivity index (χ3v) is 6.49. The number of rotatable bonds is 9. The van der Waals surface area contributed by atoms with Crippen LogP contribution in [0.15, 0.2) is 29.2 Å². The molecule has 29 heavy (non-hydrogen) atoms. The SMILES string of the molecule is CC(=O)c1ccc(S(=O)(=O)NCCC(=O)OCC(=O)N[C@H]2CCCC[C@@H]2C)cc1. The third kappa shape index (κ3) is 7.25.